The Balaban J connectivity index is 1.43. The number of carbonyl (C=O) groups is 5. The van der Waals surface area contributed by atoms with E-state index in [0.717, 1.165) is 20.8 Å². The number of hydroxylamine groups is 3. The third-order valence-electron chi connectivity index (χ3n) is 8.73. The molecule has 1 aliphatic rings. The molecule has 1 heterocycles. The second-order valence-corrected chi connectivity index (χ2v) is 12.8. The van der Waals surface area contributed by atoms with E-state index in [9.17, 15) is 34.4 Å². The summed E-state index contributed by atoms with van der Waals surface area (Å²) in [6.07, 6.45) is 1.25. The van der Waals surface area contributed by atoms with Gasteiger partial charge in [-0.1, -0.05) is 78.9 Å². The van der Waals surface area contributed by atoms with E-state index in [1.165, 1.54) is 13.3 Å². The van der Waals surface area contributed by atoms with Gasteiger partial charge >= 0.3 is 12.2 Å². The first-order valence-electron chi connectivity index (χ1n) is 17.9. The number of nitrogens with zero attached hydrogens (tertiary/aromatic N) is 3. The molecule has 4 rings (SSSR count). The largest absolute Gasteiger partial charge is 0.624 e. The van der Waals surface area contributed by atoms with Gasteiger partial charge in [0.2, 0.25) is 11.8 Å². The average Bonchev–Trinajstić information content (AvgIpc) is 3.18. The van der Waals surface area contributed by atoms with E-state index >= 15 is 0 Å². The molecule has 288 valence electrons. The summed E-state index contributed by atoms with van der Waals surface area (Å²) < 4.78 is 11.5. The van der Waals surface area contributed by atoms with Crippen LogP contribution < -0.4 is 16.0 Å². The highest BCUT2D eigenvalue weighted by Gasteiger charge is 2.34. The lowest BCUT2D eigenvalue weighted by atomic mass is 10.0. The summed E-state index contributed by atoms with van der Waals surface area (Å²) in [5, 5.41) is 31.1. The molecule has 0 radical (unpaired) electrons. The van der Waals surface area contributed by atoms with Crippen LogP contribution in [0.15, 0.2) is 91.0 Å². The van der Waals surface area contributed by atoms with E-state index in [0.29, 0.717) is 23.5 Å². The van der Waals surface area contributed by atoms with Crippen LogP contribution in [0.5, 0.6) is 0 Å². The molecule has 0 aromatic heterocycles. The van der Waals surface area contributed by atoms with Gasteiger partial charge in [0.15, 0.2) is 12.8 Å². The van der Waals surface area contributed by atoms with Crippen LogP contribution in [-0.2, 0) is 37.1 Å². The van der Waals surface area contributed by atoms with Crippen molar-refractivity contribution in [3.8, 4) is 0 Å². The normalized spacial score (nSPS) is 15.4. The number of rotatable bonds is 18. The number of benzene rings is 3. The van der Waals surface area contributed by atoms with Crippen molar-refractivity contribution in [3.05, 3.63) is 113 Å². The van der Waals surface area contributed by atoms with Crippen molar-refractivity contribution in [2.75, 3.05) is 26.7 Å². The number of carbonyl (C=O) groups excluding carboxylic acids is 5. The molecule has 0 spiro atoms. The number of amides is 5. The van der Waals surface area contributed by atoms with E-state index in [1.807, 2.05) is 42.5 Å². The van der Waals surface area contributed by atoms with Gasteiger partial charge in [-0.3, -0.25) is 24.5 Å². The second-order valence-electron chi connectivity index (χ2n) is 12.8. The van der Waals surface area contributed by atoms with Gasteiger partial charge in [0, 0.05) is 32.1 Å². The Morgan fingerprint density at radius 3 is 2.17 bits per heavy atom. The highest BCUT2D eigenvalue weighted by atomic mass is 16.6. The standard InChI is InChI=1S/C39H48N6O9/c1-43(39(50)54-28-31-18-9-4-10-19-31)34(22-13-24-44(51)26-29-14-5-2-6-15-29)36(47)41-32(35(46)42-33-21-12-25-45(52)37(33)48)20-11-23-40-38(49)53-27-30-16-7-3-8-17-30/h2-10,14-19,26,32-34,52H,11-13,20-25,27-28H2,1H3,(H,40,49)(H,41,47)(H,42,46)/b44-26-/t32-,33-,34-/m0/s1. The monoisotopic (exact) mass is 744 g/mol. The Morgan fingerprint density at radius 1 is 0.907 bits per heavy atom. The Morgan fingerprint density at radius 2 is 1.52 bits per heavy atom. The maximum Gasteiger partial charge on any atom is 0.410 e. The van der Waals surface area contributed by atoms with Gasteiger partial charge in [-0.2, -0.15) is 0 Å². The van der Waals surface area contributed by atoms with E-state index in [4.69, 9.17) is 9.47 Å². The average molecular weight is 745 g/mol. The molecule has 3 atom stereocenters. The molecule has 0 bridgehead atoms. The zero-order chi connectivity index (χ0) is 38.7. The highest BCUT2D eigenvalue weighted by molar-refractivity contribution is 5.93. The van der Waals surface area contributed by atoms with Crippen LogP contribution in [0.4, 0.5) is 9.59 Å². The molecule has 1 fully saturated rings. The maximum absolute atomic E-state index is 14.0. The lowest BCUT2D eigenvalue weighted by molar-refractivity contribution is -0.453. The van der Waals surface area contributed by atoms with Crippen molar-refractivity contribution in [1.82, 2.24) is 25.9 Å². The quantitative estimate of drug-likeness (QED) is 0.0375. The maximum atomic E-state index is 14.0. The molecule has 15 heteroatoms. The lowest BCUT2D eigenvalue weighted by Crippen LogP contribution is -2.58. The zero-order valence-electron chi connectivity index (χ0n) is 30.3. The minimum Gasteiger partial charge on any atom is -0.624 e. The van der Waals surface area contributed by atoms with E-state index in [2.05, 4.69) is 16.0 Å². The molecule has 3 aromatic rings. The lowest BCUT2D eigenvalue weighted by Gasteiger charge is -2.31. The SMILES string of the molecule is CN(C(=O)OCc1ccccc1)[C@@H](CCC/[N+]([O-])=C/c1ccccc1)C(=O)N[C@@H](CCCNC(=O)OCc1ccccc1)C(=O)N[C@H]1CCCN(O)C1=O. The van der Waals surface area contributed by atoms with Gasteiger partial charge < -0.3 is 30.6 Å². The molecule has 0 unspecified atom stereocenters. The smallest absolute Gasteiger partial charge is 0.410 e. The number of piperidine rings is 1. The number of nitrogens with one attached hydrogen (secondary N) is 3. The third kappa shape index (κ3) is 13.5. The Labute approximate surface area is 314 Å². The van der Waals surface area contributed by atoms with Gasteiger partial charge in [0.25, 0.3) is 5.91 Å². The molecule has 1 aliphatic heterocycles. The van der Waals surface area contributed by atoms with Crippen LogP contribution in [0.1, 0.15) is 55.2 Å². The highest BCUT2D eigenvalue weighted by Crippen LogP contribution is 2.14. The number of likely N-dealkylation sites (N-methyl/N-ethyl adjacent to an activating group) is 1. The van der Waals surface area contributed by atoms with Crippen LogP contribution >= 0.6 is 0 Å². The van der Waals surface area contributed by atoms with E-state index < -0.39 is 48.0 Å². The summed E-state index contributed by atoms with van der Waals surface area (Å²) in [6, 6.07) is 23.8. The second kappa shape index (κ2) is 21.5. The first-order valence-corrected chi connectivity index (χ1v) is 17.9. The zero-order valence-corrected chi connectivity index (χ0v) is 30.3. The minimum atomic E-state index is -1.19. The number of alkyl carbamates (subject to hydrolysis) is 1. The van der Waals surface area contributed by atoms with Gasteiger partial charge in [-0.15, -0.1) is 0 Å². The van der Waals surface area contributed by atoms with Crippen LogP contribution in [0.2, 0.25) is 0 Å². The molecule has 3 aromatic carbocycles. The fourth-order valence-electron chi connectivity index (χ4n) is 5.73. The topological polar surface area (TPSA) is 193 Å². The van der Waals surface area contributed by atoms with Gasteiger partial charge in [0.05, 0.1) is 0 Å². The molecule has 5 amide bonds. The summed E-state index contributed by atoms with van der Waals surface area (Å²) in [6.45, 7) is 0.287. The van der Waals surface area contributed by atoms with Gasteiger partial charge in [-0.25, -0.2) is 19.4 Å². The molecule has 1 saturated heterocycles. The Kier molecular flexibility index (Phi) is 16.3. The summed E-state index contributed by atoms with van der Waals surface area (Å²) >= 11 is 0. The fourth-order valence-corrected chi connectivity index (χ4v) is 5.73. The number of hydrogen-bond donors (Lipinski definition) is 4. The summed E-state index contributed by atoms with van der Waals surface area (Å²) in [4.78, 5) is 66.8. The molecular weight excluding hydrogens is 696 g/mol. The Bertz CT molecular complexity index is 1690. The van der Waals surface area contributed by atoms with Gasteiger partial charge in [-0.05, 0) is 55.4 Å². The first-order chi connectivity index (χ1) is 26.1. The van der Waals surface area contributed by atoms with Crippen molar-refractivity contribution in [2.24, 2.45) is 0 Å². The molecule has 0 aliphatic carbocycles. The van der Waals surface area contributed by atoms with E-state index in [1.54, 1.807) is 48.5 Å². The van der Waals surface area contributed by atoms with Crippen molar-refractivity contribution < 1.29 is 43.4 Å². The molecule has 54 heavy (non-hydrogen) atoms. The molecule has 15 nitrogen and oxygen atoms in total. The summed E-state index contributed by atoms with van der Waals surface area (Å²) in [7, 11) is 1.40. The van der Waals surface area contributed by atoms with Gasteiger partial charge in [0.1, 0.15) is 31.3 Å². The molecular formula is C39H48N6O9. The minimum absolute atomic E-state index is 0.0168. The first kappa shape index (κ1) is 40.8. The molecule has 0 saturated carbocycles. The predicted molar refractivity (Wildman–Crippen MR) is 198 cm³/mol. The fraction of sp³-hybridized carbons (Fsp3) is 0.385. The summed E-state index contributed by atoms with van der Waals surface area (Å²) in [5.74, 6) is -2.04. The van der Waals surface area contributed by atoms with Crippen molar-refractivity contribution >= 4 is 36.1 Å². The van der Waals surface area contributed by atoms with Crippen molar-refractivity contribution in [1.29, 1.82) is 0 Å². The van der Waals surface area contributed by atoms with Crippen LogP contribution in [-0.4, -0.2) is 101 Å². The molecule has 4 N–H and O–H groups in total. The number of ether oxygens (including phenoxy) is 2. The predicted octanol–water partition coefficient (Wildman–Crippen LogP) is 3.72. The third-order valence-corrected chi connectivity index (χ3v) is 8.73. The van der Waals surface area contributed by atoms with Crippen LogP contribution in [0.25, 0.3) is 0 Å². The Hall–Kier alpha value is -5.96. The van der Waals surface area contributed by atoms with Crippen molar-refractivity contribution in [3.63, 3.8) is 0 Å². The van der Waals surface area contributed by atoms with Crippen molar-refractivity contribution in [2.45, 2.75) is 69.9 Å². The van der Waals surface area contributed by atoms with Crippen LogP contribution in [0, 0.1) is 5.21 Å². The summed E-state index contributed by atoms with van der Waals surface area (Å²) in [5.41, 5.74) is 2.26. The number of hydrogen-bond acceptors (Lipinski definition) is 9. The van der Waals surface area contributed by atoms with E-state index in [-0.39, 0.29) is 58.5 Å². The van der Waals surface area contributed by atoms with Crippen LogP contribution in [0.3, 0.4) is 0 Å².